The van der Waals surface area contributed by atoms with Crippen molar-refractivity contribution in [2.24, 2.45) is 0 Å². The summed E-state index contributed by atoms with van der Waals surface area (Å²) in [6.07, 6.45) is -0.797. The maximum absolute atomic E-state index is 12.4. The van der Waals surface area contributed by atoms with E-state index in [-0.39, 0.29) is 0 Å². The Morgan fingerprint density at radius 3 is 2.48 bits per heavy atom. The highest BCUT2D eigenvalue weighted by atomic mass is 16.5. The monoisotopic (exact) mass is 422 g/mol. The predicted octanol–water partition coefficient (Wildman–Crippen LogP) is 3.48. The van der Waals surface area contributed by atoms with Gasteiger partial charge in [-0.3, -0.25) is 20.4 Å². The van der Waals surface area contributed by atoms with Crippen molar-refractivity contribution in [1.29, 1.82) is 0 Å². The molecule has 0 fully saturated rings. The van der Waals surface area contributed by atoms with Crippen LogP contribution < -0.4 is 20.3 Å². The molecular weight excluding hydrogens is 396 g/mol. The number of amides is 2. The lowest BCUT2D eigenvalue weighted by atomic mass is 10.1. The van der Waals surface area contributed by atoms with Crippen molar-refractivity contribution in [2.45, 2.75) is 20.0 Å². The van der Waals surface area contributed by atoms with Crippen LogP contribution in [0, 0.1) is 0 Å². The normalized spacial score (nSPS) is 11.5. The zero-order valence-corrected chi connectivity index (χ0v) is 17.6. The van der Waals surface area contributed by atoms with Crippen LogP contribution in [0.25, 0.3) is 10.8 Å². The Morgan fingerprint density at radius 1 is 0.871 bits per heavy atom. The van der Waals surface area contributed by atoms with E-state index in [9.17, 15) is 9.59 Å². The molecule has 3 rings (SSSR count). The molecule has 0 aliphatic rings. The van der Waals surface area contributed by atoms with Gasteiger partial charge >= 0.3 is 0 Å². The van der Waals surface area contributed by atoms with E-state index in [0.29, 0.717) is 36.9 Å². The first kappa shape index (κ1) is 22.1. The van der Waals surface area contributed by atoms with E-state index in [1.54, 1.807) is 31.2 Å². The van der Waals surface area contributed by atoms with Gasteiger partial charge in [-0.1, -0.05) is 36.4 Å². The molecule has 0 aromatic heterocycles. The van der Waals surface area contributed by atoms with Crippen molar-refractivity contribution >= 4 is 22.6 Å². The van der Waals surface area contributed by atoms with Gasteiger partial charge in [0.15, 0.2) is 6.10 Å². The van der Waals surface area contributed by atoms with Crippen molar-refractivity contribution in [1.82, 2.24) is 10.9 Å². The van der Waals surface area contributed by atoms with Crippen LogP contribution in [0.3, 0.4) is 0 Å². The summed E-state index contributed by atoms with van der Waals surface area (Å²) in [5.41, 5.74) is 5.15. The van der Waals surface area contributed by atoms with Crippen molar-refractivity contribution in [3.05, 3.63) is 72.3 Å². The van der Waals surface area contributed by atoms with Crippen LogP contribution in [0.1, 0.15) is 24.2 Å². The average molecular weight is 422 g/mol. The minimum Gasteiger partial charge on any atom is -0.491 e. The Hall–Kier alpha value is -3.58. The highest BCUT2D eigenvalue weighted by molar-refractivity contribution is 5.96. The van der Waals surface area contributed by atoms with Crippen molar-refractivity contribution in [3.8, 4) is 11.5 Å². The van der Waals surface area contributed by atoms with E-state index < -0.39 is 17.9 Å². The smallest absolute Gasteiger partial charge is 0.279 e. The van der Waals surface area contributed by atoms with E-state index >= 15 is 0 Å². The van der Waals surface area contributed by atoms with E-state index in [4.69, 9.17) is 14.2 Å². The summed E-state index contributed by atoms with van der Waals surface area (Å²) in [6, 6.07) is 20.2. The van der Waals surface area contributed by atoms with Crippen molar-refractivity contribution in [2.75, 3.05) is 19.8 Å². The van der Waals surface area contributed by atoms with E-state index in [2.05, 4.69) is 10.9 Å². The molecule has 7 heteroatoms. The number of rotatable bonds is 9. The summed E-state index contributed by atoms with van der Waals surface area (Å²) in [5, 5.41) is 2.10. The van der Waals surface area contributed by atoms with Crippen LogP contribution in [0.4, 0.5) is 0 Å². The number of hydrogen-bond acceptors (Lipinski definition) is 5. The van der Waals surface area contributed by atoms with Gasteiger partial charge in [0.1, 0.15) is 18.1 Å². The lowest BCUT2D eigenvalue weighted by Crippen LogP contribution is -2.47. The number of carbonyl (C=O) groups excluding carboxylic acids is 2. The third kappa shape index (κ3) is 6.45. The number of carbonyl (C=O) groups is 2. The van der Waals surface area contributed by atoms with Crippen LogP contribution in [-0.4, -0.2) is 37.7 Å². The zero-order valence-electron chi connectivity index (χ0n) is 17.6. The van der Waals surface area contributed by atoms with E-state index in [0.717, 1.165) is 10.8 Å². The summed E-state index contributed by atoms with van der Waals surface area (Å²) < 4.78 is 16.5. The lowest BCUT2D eigenvalue weighted by molar-refractivity contribution is -0.128. The minimum atomic E-state index is -0.797. The Labute approximate surface area is 181 Å². The SMILES string of the molecule is CCOCCOc1cccc(C(=O)NNC(=O)C(C)Oc2ccc3ccccc3c2)c1. The molecule has 0 radical (unpaired) electrons. The zero-order chi connectivity index (χ0) is 22.1. The van der Waals surface area contributed by atoms with Gasteiger partial charge in [0.2, 0.25) is 0 Å². The van der Waals surface area contributed by atoms with E-state index in [1.165, 1.54) is 0 Å². The van der Waals surface area contributed by atoms with Gasteiger partial charge in [-0.05, 0) is 55.0 Å². The molecule has 31 heavy (non-hydrogen) atoms. The number of fused-ring (bicyclic) bond motifs is 1. The average Bonchev–Trinajstić information content (AvgIpc) is 2.80. The molecule has 2 amide bonds. The summed E-state index contributed by atoms with van der Waals surface area (Å²) in [5.74, 6) is 0.198. The van der Waals surface area contributed by atoms with Gasteiger partial charge in [-0.2, -0.15) is 0 Å². The maximum atomic E-state index is 12.4. The van der Waals surface area contributed by atoms with Crippen molar-refractivity contribution < 1.29 is 23.8 Å². The first-order chi connectivity index (χ1) is 15.1. The topological polar surface area (TPSA) is 85.9 Å². The van der Waals surface area contributed by atoms with Gasteiger partial charge in [0, 0.05) is 12.2 Å². The highest BCUT2D eigenvalue weighted by Crippen LogP contribution is 2.21. The third-order valence-electron chi connectivity index (χ3n) is 4.50. The molecule has 0 bridgehead atoms. The van der Waals surface area contributed by atoms with Crippen LogP contribution in [0.15, 0.2) is 66.7 Å². The number of nitrogens with one attached hydrogen (secondary N) is 2. The van der Waals surface area contributed by atoms with Crippen LogP contribution in [0.2, 0.25) is 0 Å². The summed E-state index contributed by atoms with van der Waals surface area (Å²) in [6.45, 7) is 5.00. The first-order valence-electron chi connectivity index (χ1n) is 10.1. The van der Waals surface area contributed by atoms with Crippen molar-refractivity contribution in [3.63, 3.8) is 0 Å². The van der Waals surface area contributed by atoms with E-state index in [1.807, 2.05) is 49.4 Å². The Kier molecular flexibility index (Phi) is 7.84. The molecule has 0 spiro atoms. The number of hydrazine groups is 1. The number of hydrogen-bond donors (Lipinski definition) is 2. The largest absolute Gasteiger partial charge is 0.491 e. The summed E-state index contributed by atoms with van der Waals surface area (Å²) in [4.78, 5) is 24.7. The van der Waals surface area contributed by atoms with Crippen LogP contribution >= 0.6 is 0 Å². The molecule has 2 N–H and O–H groups in total. The standard InChI is InChI=1S/C24H26N2O5/c1-3-29-13-14-30-21-10-6-9-20(16-21)24(28)26-25-23(27)17(2)31-22-12-11-18-7-4-5-8-19(18)15-22/h4-12,15-17H,3,13-14H2,1-2H3,(H,25,27)(H,26,28). The molecule has 7 nitrogen and oxygen atoms in total. The van der Waals surface area contributed by atoms with Gasteiger partial charge < -0.3 is 14.2 Å². The third-order valence-corrected chi connectivity index (χ3v) is 4.50. The summed E-state index contributed by atoms with van der Waals surface area (Å²) >= 11 is 0. The second-order valence-electron chi connectivity index (χ2n) is 6.79. The molecule has 162 valence electrons. The molecule has 0 aliphatic carbocycles. The Morgan fingerprint density at radius 2 is 1.68 bits per heavy atom. The first-order valence-corrected chi connectivity index (χ1v) is 10.1. The Balaban J connectivity index is 1.50. The van der Waals surface area contributed by atoms with Gasteiger partial charge in [0.25, 0.3) is 11.8 Å². The number of ether oxygens (including phenoxy) is 3. The van der Waals surface area contributed by atoms with Gasteiger partial charge in [-0.25, -0.2) is 0 Å². The molecule has 0 saturated carbocycles. The second kappa shape index (κ2) is 11.0. The van der Waals surface area contributed by atoms with Crippen LogP contribution in [0.5, 0.6) is 11.5 Å². The summed E-state index contributed by atoms with van der Waals surface area (Å²) in [7, 11) is 0. The quantitative estimate of drug-likeness (QED) is 0.407. The fourth-order valence-corrected chi connectivity index (χ4v) is 2.88. The minimum absolute atomic E-state index is 0.359. The van der Waals surface area contributed by atoms with Gasteiger partial charge in [0.05, 0.1) is 6.61 Å². The molecule has 1 atom stereocenters. The van der Waals surface area contributed by atoms with Gasteiger partial charge in [-0.15, -0.1) is 0 Å². The molecule has 1 unspecified atom stereocenters. The predicted molar refractivity (Wildman–Crippen MR) is 118 cm³/mol. The molecule has 0 heterocycles. The fraction of sp³-hybridized carbons (Fsp3) is 0.250. The molecule has 0 aliphatic heterocycles. The maximum Gasteiger partial charge on any atom is 0.279 e. The second-order valence-corrected chi connectivity index (χ2v) is 6.79. The van der Waals surface area contributed by atoms with Crippen LogP contribution in [-0.2, 0) is 9.53 Å². The molecule has 3 aromatic carbocycles. The number of benzene rings is 3. The highest BCUT2D eigenvalue weighted by Gasteiger charge is 2.16. The lowest BCUT2D eigenvalue weighted by Gasteiger charge is -2.16. The molecule has 3 aromatic rings. The fourth-order valence-electron chi connectivity index (χ4n) is 2.88. The molecule has 0 saturated heterocycles. The Bertz CT molecular complexity index is 1040. The molecular formula is C24H26N2O5.